The Balaban J connectivity index is 2.52. The molecule has 1 heterocycles. The van der Waals surface area contributed by atoms with Crippen LogP contribution < -0.4 is 4.74 Å². The summed E-state index contributed by atoms with van der Waals surface area (Å²) in [5.41, 5.74) is 3.66. The molecule has 0 fully saturated rings. The van der Waals surface area contributed by atoms with Gasteiger partial charge < -0.3 is 4.74 Å². The van der Waals surface area contributed by atoms with E-state index in [-0.39, 0.29) is 5.41 Å². The van der Waals surface area contributed by atoms with Gasteiger partial charge in [0.15, 0.2) is 0 Å². The Bertz CT molecular complexity index is 663. The van der Waals surface area contributed by atoms with Gasteiger partial charge in [0.05, 0.1) is 12.7 Å². The minimum Gasteiger partial charge on any atom is -0.496 e. The number of hydrogen-bond donors (Lipinski definition) is 0. The van der Waals surface area contributed by atoms with Crippen LogP contribution in [0.2, 0.25) is 0 Å². The summed E-state index contributed by atoms with van der Waals surface area (Å²) >= 11 is 0. The van der Waals surface area contributed by atoms with Gasteiger partial charge in [-0.05, 0) is 28.7 Å². The SMILES string of the molecule is COc1cc(-c2cncc(C#N)c2)ccc1C(C)(C)C. The third-order valence-corrected chi connectivity index (χ3v) is 3.21. The summed E-state index contributed by atoms with van der Waals surface area (Å²) in [5, 5.41) is 8.95. The fourth-order valence-corrected chi connectivity index (χ4v) is 2.15. The van der Waals surface area contributed by atoms with Gasteiger partial charge in [0.2, 0.25) is 0 Å². The molecule has 20 heavy (non-hydrogen) atoms. The number of ether oxygens (including phenoxy) is 1. The maximum atomic E-state index is 8.95. The van der Waals surface area contributed by atoms with E-state index >= 15 is 0 Å². The molecule has 0 N–H and O–H groups in total. The Labute approximate surface area is 119 Å². The Morgan fingerprint density at radius 1 is 1.10 bits per heavy atom. The highest BCUT2D eigenvalue weighted by molar-refractivity contribution is 5.67. The monoisotopic (exact) mass is 266 g/mol. The zero-order valence-electron chi connectivity index (χ0n) is 12.3. The first-order valence-corrected chi connectivity index (χ1v) is 6.50. The van der Waals surface area contributed by atoms with E-state index < -0.39 is 0 Å². The highest BCUT2D eigenvalue weighted by atomic mass is 16.5. The quantitative estimate of drug-likeness (QED) is 0.827. The normalized spacial score (nSPS) is 10.9. The summed E-state index contributed by atoms with van der Waals surface area (Å²) in [6.07, 6.45) is 3.32. The lowest BCUT2D eigenvalue weighted by Crippen LogP contribution is -2.12. The number of nitriles is 1. The molecule has 0 amide bonds. The van der Waals surface area contributed by atoms with Gasteiger partial charge in [-0.2, -0.15) is 5.26 Å². The zero-order valence-corrected chi connectivity index (χ0v) is 12.3. The van der Waals surface area contributed by atoms with Crippen molar-refractivity contribution in [2.24, 2.45) is 0 Å². The molecule has 1 aromatic heterocycles. The molecule has 0 aliphatic carbocycles. The van der Waals surface area contributed by atoms with Crippen LogP contribution in [0.4, 0.5) is 0 Å². The molecule has 2 aromatic rings. The number of aromatic nitrogens is 1. The first-order valence-electron chi connectivity index (χ1n) is 6.50. The average Bonchev–Trinajstić information content (AvgIpc) is 2.45. The molecule has 0 saturated carbocycles. The minimum atomic E-state index is 0.0244. The zero-order chi connectivity index (χ0) is 14.8. The summed E-state index contributed by atoms with van der Waals surface area (Å²) in [6.45, 7) is 6.47. The van der Waals surface area contributed by atoms with Crippen LogP contribution in [0.3, 0.4) is 0 Å². The molecule has 1 aromatic carbocycles. The fraction of sp³-hybridized carbons (Fsp3) is 0.294. The van der Waals surface area contributed by atoms with Crippen LogP contribution in [0.15, 0.2) is 36.7 Å². The minimum absolute atomic E-state index is 0.0244. The van der Waals surface area contributed by atoms with Crippen molar-refractivity contribution in [1.82, 2.24) is 4.98 Å². The Kier molecular flexibility index (Phi) is 3.76. The highest BCUT2D eigenvalue weighted by Crippen LogP contribution is 2.34. The smallest absolute Gasteiger partial charge is 0.123 e. The molecule has 2 rings (SSSR count). The molecule has 102 valence electrons. The third-order valence-electron chi connectivity index (χ3n) is 3.21. The average molecular weight is 266 g/mol. The molecule has 3 heteroatoms. The molecule has 0 unspecified atom stereocenters. The van der Waals surface area contributed by atoms with Crippen LogP contribution in [-0.2, 0) is 5.41 Å². The maximum Gasteiger partial charge on any atom is 0.123 e. The Hall–Kier alpha value is -2.34. The molecule has 0 aliphatic rings. The first kappa shape index (κ1) is 14.1. The maximum absolute atomic E-state index is 8.95. The first-order chi connectivity index (χ1) is 9.45. The lowest BCUT2D eigenvalue weighted by atomic mass is 9.85. The third kappa shape index (κ3) is 2.80. The summed E-state index contributed by atoms with van der Waals surface area (Å²) in [6, 6.07) is 10.1. The van der Waals surface area contributed by atoms with Gasteiger partial charge in [-0.25, -0.2) is 0 Å². The van der Waals surface area contributed by atoms with Crippen LogP contribution in [0.1, 0.15) is 31.9 Å². The van der Waals surface area contributed by atoms with E-state index in [1.807, 2.05) is 18.2 Å². The molecular formula is C17H18N2O. The Morgan fingerprint density at radius 2 is 1.85 bits per heavy atom. The molecule has 0 bridgehead atoms. The number of methoxy groups -OCH3 is 1. The van der Waals surface area contributed by atoms with E-state index in [1.54, 1.807) is 19.5 Å². The second-order valence-corrected chi connectivity index (χ2v) is 5.74. The predicted molar refractivity (Wildman–Crippen MR) is 79.6 cm³/mol. The summed E-state index contributed by atoms with van der Waals surface area (Å²) in [7, 11) is 1.68. The second kappa shape index (κ2) is 5.34. The van der Waals surface area contributed by atoms with E-state index in [0.717, 1.165) is 22.4 Å². The highest BCUT2D eigenvalue weighted by Gasteiger charge is 2.19. The number of nitrogens with zero attached hydrogens (tertiary/aromatic N) is 2. The van der Waals surface area contributed by atoms with E-state index in [9.17, 15) is 0 Å². The van der Waals surface area contributed by atoms with Crippen molar-refractivity contribution < 1.29 is 4.74 Å². The number of rotatable bonds is 2. The van der Waals surface area contributed by atoms with Crippen LogP contribution in [0.5, 0.6) is 5.75 Å². The molecule has 0 radical (unpaired) electrons. The molecular weight excluding hydrogens is 248 g/mol. The van der Waals surface area contributed by atoms with Gasteiger partial charge >= 0.3 is 0 Å². The van der Waals surface area contributed by atoms with Crippen LogP contribution in [-0.4, -0.2) is 12.1 Å². The van der Waals surface area contributed by atoms with Gasteiger partial charge in [0.25, 0.3) is 0 Å². The number of hydrogen-bond acceptors (Lipinski definition) is 3. The molecule has 0 spiro atoms. The van der Waals surface area contributed by atoms with E-state index in [0.29, 0.717) is 5.56 Å². The lowest BCUT2D eigenvalue weighted by Gasteiger charge is -2.22. The number of benzene rings is 1. The van der Waals surface area contributed by atoms with Crippen LogP contribution in [0, 0.1) is 11.3 Å². The van der Waals surface area contributed by atoms with Crippen molar-refractivity contribution in [1.29, 1.82) is 5.26 Å². The van der Waals surface area contributed by atoms with Gasteiger partial charge in [-0.3, -0.25) is 4.98 Å². The van der Waals surface area contributed by atoms with Crippen molar-refractivity contribution >= 4 is 0 Å². The predicted octanol–water partition coefficient (Wildman–Crippen LogP) is 3.93. The largest absolute Gasteiger partial charge is 0.496 e. The van der Waals surface area contributed by atoms with E-state index in [4.69, 9.17) is 10.00 Å². The lowest BCUT2D eigenvalue weighted by molar-refractivity contribution is 0.398. The van der Waals surface area contributed by atoms with Crippen molar-refractivity contribution in [3.63, 3.8) is 0 Å². The summed E-state index contributed by atoms with van der Waals surface area (Å²) in [5.74, 6) is 0.859. The molecule has 0 saturated heterocycles. The summed E-state index contributed by atoms with van der Waals surface area (Å²) in [4.78, 5) is 4.10. The standard InChI is InChI=1S/C17H18N2O/c1-17(2,3)15-6-5-13(8-16(15)20-4)14-7-12(9-18)10-19-11-14/h5-8,10-11H,1-4H3. The van der Waals surface area contributed by atoms with Crippen molar-refractivity contribution in [2.75, 3.05) is 7.11 Å². The van der Waals surface area contributed by atoms with Gasteiger partial charge in [0, 0.05) is 18.0 Å². The van der Waals surface area contributed by atoms with Gasteiger partial charge in [0.1, 0.15) is 11.8 Å². The topological polar surface area (TPSA) is 45.9 Å². The molecule has 3 nitrogen and oxygen atoms in total. The Morgan fingerprint density at radius 3 is 2.45 bits per heavy atom. The summed E-state index contributed by atoms with van der Waals surface area (Å²) < 4.78 is 5.51. The number of pyridine rings is 1. The molecule has 0 aliphatic heterocycles. The van der Waals surface area contributed by atoms with Crippen molar-refractivity contribution in [2.45, 2.75) is 26.2 Å². The van der Waals surface area contributed by atoms with E-state index in [1.165, 1.54) is 0 Å². The van der Waals surface area contributed by atoms with Gasteiger partial charge in [-0.1, -0.05) is 32.9 Å². The van der Waals surface area contributed by atoms with Crippen molar-refractivity contribution in [3.05, 3.63) is 47.8 Å². The second-order valence-electron chi connectivity index (χ2n) is 5.74. The van der Waals surface area contributed by atoms with E-state index in [2.05, 4.69) is 37.9 Å². The van der Waals surface area contributed by atoms with Crippen LogP contribution >= 0.6 is 0 Å². The molecule has 0 atom stereocenters. The fourth-order valence-electron chi connectivity index (χ4n) is 2.15. The van der Waals surface area contributed by atoms with Gasteiger partial charge in [-0.15, -0.1) is 0 Å². The van der Waals surface area contributed by atoms with Crippen LogP contribution in [0.25, 0.3) is 11.1 Å². The van der Waals surface area contributed by atoms with Crippen molar-refractivity contribution in [3.8, 4) is 22.9 Å².